The lowest BCUT2D eigenvalue weighted by atomic mass is 10.2. The van der Waals surface area contributed by atoms with E-state index in [-0.39, 0.29) is 27.9 Å². The third-order valence-corrected chi connectivity index (χ3v) is 4.63. The maximum Gasteiger partial charge on any atom is 0.345 e. The van der Waals surface area contributed by atoms with Crippen molar-refractivity contribution in [2.45, 2.75) is 0 Å². The van der Waals surface area contributed by atoms with Crippen molar-refractivity contribution in [2.75, 3.05) is 5.32 Å². The van der Waals surface area contributed by atoms with Crippen LogP contribution in [0.15, 0.2) is 60.0 Å². The minimum absolute atomic E-state index is 0.0114. The van der Waals surface area contributed by atoms with Crippen molar-refractivity contribution in [1.82, 2.24) is 0 Å². The number of thiophene rings is 1. The fraction of sp³-hybridized carbons (Fsp3) is 0. The molecule has 0 fully saturated rings. The van der Waals surface area contributed by atoms with Gasteiger partial charge in [0.05, 0.1) is 20.4 Å². The molecule has 9 heteroatoms. The molecule has 0 saturated heterocycles. The number of carbonyl (C=O) groups excluding carboxylic acids is 2. The number of nitrogens with one attached hydrogen (secondary N) is 1. The summed E-state index contributed by atoms with van der Waals surface area (Å²) in [5, 5.41) is 15.2. The minimum atomic E-state index is -0.745. The Kier molecular flexibility index (Phi) is 5.49. The number of carbonyl (C=O) groups is 2. The second kappa shape index (κ2) is 7.98. The maximum atomic E-state index is 12.2. The van der Waals surface area contributed by atoms with E-state index in [1.54, 1.807) is 29.6 Å². The lowest BCUT2D eigenvalue weighted by Crippen LogP contribution is -2.11. The van der Waals surface area contributed by atoms with Crippen molar-refractivity contribution in [3.8, 4) is 5.75 Å². The standard InChI is InChI=1S/C18H11ClN2O5S/c19-15-10-12(21(24)25)5-8-14(15)18(23)26-13-6-3-11(4-7-13)20-17(22)16-2-1-9-27-16/h1-10H,(H,20,22). The molecule has 3 rings (SSSR count). The summed E-state index contributed by atoms with van der Waals surface area (Å²) in [6.07, 6.45) is 0. The van der Waals surface area contributed by atoms with Crippen molar-refractivity contribution in [1.29, 1.82) is 0 Å². The zero-order valence-corrected chi connectivity index (χ0v) is 15.1. The molecule has 0 aliphatic heterocycles. The Morgan fingerprint density at radius 2 is 1.85 bits per heavy atom. The number of anilines is 1. The summed E-state index contributed by atoms with van der Waals surface area (Å²) < 4.78 is 5.21. The molecule has 0 spiro atoms. The topological polar surface area (TPSA) is 98.5 Å². The van der Waals surface area contributed by atoms with Gasteiger partial charge in [0.25, 0.3) is 11.6 Å². The van der Waals surface area contributed by atoms with E-state index in [4.69, 9.17) is 16.3 Å². The third-order valence-electron chi connectivity index (χ3n) is 3.45. The highest BCUT2D eigenvalue weighted by atomic mass is 35.5. The zero-order chi connectivity index (χ0) is 19.4. The number of esters is 1. The van der Waals surface area contributed by atoms with Crippen LogP contribution in [0.1, 0.15) is 20.0 Å². The van der Waals surface area contributed by atoms with Crippen LogP contribution in [0.3, 0.4) is 0 Å². The largest absolute Gasteiger partial charge is 0.423 e. The average molecular weight is 403 g/mol. The summed E-state index contributed by atoms with van der Waals surface area (Å²) >= 11 is 7.24. The first kappa shape index (κ1) is 18.6. The van der Waals surface area contributed by atoms with E-state index in [1.807, 2.05) is 0 Å². The normalized spacial score (nSPS) is 10.3. The fourth-order valence-electron chi connectivity index (χ4n) is 2.15. The highest BCUT2D eigenvalue weighted by Crippen LogP contribution is 2.24. The Balaban J connectivity index is 1.66. The van der Waals surface area contributed by atoms with Crippen LogP contribution < -0.4 is 10.1 Å². The molecule has 1 amide bonds. The van der Waals surface area contributed by atoms with Crippen LogP contribution in [0, 0.1) is 10.1 Å². The van der Waals surface area contributed by atoms with Gasteiger partial charge < -0.3 is 10.1 Å². The monoisotopic (exact) mass is 402 g/mol. The molecule has 0 bridgehead atoms. The van der Waals surface area contributed by atoms with E-state index in [0.717, 1.165) is 6.07 Å². The average Bonchev–Trinajstić information content (AvgIpc) is 3.18. The molecule has 1 heterocycles. The molecular weight excluding hydrogens is 392 g/mol. The molecule has 0 atom stereocenters. The Labute approximate surface area is 162 Å². The first-order valence-electron chi connectivity index (χ1n) is 7.55. The van der Waals surface area contributed by atoms with E-state index in [9.17, 15) is 19.7 Å². The van der Waals surface area contributed by atoms with Crippen LogP contribution in [0.2, 0.25) is 5.02 Å². The third kappa shape index (κ3) is 4.49. The van der Waals surface area contributed by atoms with Gasteiger partial charge in [0.1, 0.15) is 5.75 Å². The van der Waals surface area contributed by atoms with Crippen molar-refractivity contribution in [2.24, 2.45) is 0 Å². The van der Waals surface area contributed by atoms with Gasteiger partial charge in [-0.15, -0.1) is 11.3 Å². The van der Waals surface area contributed by atoms with Crippen LogP contribution in [0.4, 0.5) is 11.4 Å². The molecule has 0 saturated carbocycles. The number of hydrogen-bond donors (Lipinski definition) is 1. The van der Waals surface area contributed by atoms with E-state index in [2.05, 4.69) is 5.32 Å². The highest BCUT2D eigenvalue weighted by Gasteiger charge is 2.17. The van der Waals surface area contributed by atoms with Crippen molar-refractivity contribution >= 4 is 46.2 Å². The van der Waals surface area contributed by atoms with Gasteiger partial charge >= 0.3 is 5.97 Å². The Morgan fingerprint density at radius 1 is 1.11 bits per heavy atom. The van der Waals surface area contributed by atoms with Gasteiger partial charge in [-0.05, 0) is 41.8 Å². The smallest absolute Gasteiger partial charge is 0.345 e. The molecule has 27 heavy (non-hydrogen) atoms. The summed E-state index contributed by atoms with van der Waals surface area (Å²) in [5.41, 5.74) is 0.335. The van der Waals surface area contributed by atoms with Crippen LogP contribution in [-0.2, 0) is 0 Å². The number of nitro benzene ring substituents is 1. The number of nitro groups is 1. The number of rotatable bonds is 5. The molecule has 0 radical (unpaired) electrons. The minimum Gasteiger partial charge on any atom is -0.423 e. The summed E-state index contributed by atoms with van der Waals surface area (Å²) in [7, 11) is 0. The van der Waals surface area contributed by atoms with Crippen LogP contribution in [0.25, 0.3) is 0 Å². The molecule has 0 aliphatic rings. The molecule has 7 nitrogen and oxygen atoms in total. The number of nitrogens with zero attached hydrogens (tertiary/aromatic N) is 1. The first-order valence-corrected chi connectivity index (χ1v) is 8.81. The van der Waals surface area contributed by atoms with Gasteiger partial charge in [-0.2, -0.15) is 0 Å². The van der Waals surface area contributed by atoms with E-state index in [0.29, 0.717) is 10.6 Å². The molecular formula is C18H11ClN2O5S. The Morgan fingerprint density at radius 3 is 2.44 bits per heavy atom. The van der Waals surface area contributed by atoms with Gasteiger partial charge in [0, 0.05) is 17.8 Å². The van der Waals surface area contributed by atoms with Gasteiger partial charge in [0.15, 0.2) is 0 Å². The number of halogens is 1. The second-order valence-electron chi connectivity index (χ2n) is 5.27. The van der Waals surface area contributed by atoms with Gasteiger partial charge in [-0.1, -0.05) is 17.7 Å². The molecule has 3 aromatic rings. The molecule has 1 aromatic heterocycles. The SMILES string of the molecule is O=C(Nc1ccc(OC(=O)c2ccc([N+](=O)[O-])cc2Cl)cc1)c1cccs1. The predicted molar refractivity (Wildman–Crippen MR) is 102 cm³/mol. The number of ether oxygens (including phenoxy) is 1. The summed E-state index contributed by atoms with van der Waals surface area (Å²) in [5.74, 6) is -0.735. The van der Waals surface area contributed by atoms with Crippen LogP contribution in [-0.4, -0.2) is 16.8 Å². The first-order chi connectivity index (χ1) is 12.9. The van der Waals surface area contributed by atoms with Crippen molar-refractivity contribution < 1.29 is 19.2 Å². The van der Waals surface area contributed by atoms with E-state index < -0.39 is 10.9 Å². The van der Waals surface area contributed by atoms with Crippen LogP contribution >= 0.6 is 22.9 Å². The fourth-order valence-corrected chi connectivity index (χ4v) is 3.02. The number of non-ortho nitro benzene ring substituents is 1. The number of amides is 1. The van der Waals surface area contributed by atoms with Crippen molar-refractivity contribution in [3.05, 3.63) is 85.6 Å². The van der Waals surface area contributed by atoms with Gasteiger partial charge in [-0.25, -0.2) is 4.79 Å². The summed E-state index contributed by atoms with van der Waals surface area (Å²) in [6, 6.07) is 13.2. The molecule has 2 aromatic carbocycles. The van der Waals surface area contributed by atoms with E-state index in [1.165, 1.54) is 35.6 Å². The van der Waals surface area contributed by atoms with Crippen LogP contribution in [0.5, 0.6) is 5.75 Å². The lowest BCUT2D eigenvalue weighted by Gasteiger charge is -2.07. The van der Waals surface area contributed by atoms with Gasteiger partial charge in [-0.3, -0.25) is 14.9 Å². The predicted octanol–water partition coefficient (Wildman–Crippen LogP) is 4.78. The Bertz CT molecular complexity index is 1000. The highest BCUT2D eigenvalue weighted by molar-refractivity contribution is 7.12. The molecule has 1 N–H and O–H groups in total. The summed E-state index contributed by atoms with van der Waals surface area (Å²) in [6.45, 7) is 0. The molecule has 0 unspecified atom stereocenters. The Hall–Kier alpha value is -3.23. The lowest BCUT2D eigenvalue weighted by molar-refractivity contribution is -0.384. The van der Waals surface area contributed by atoms with Crippen molar-refractivity contribution in [3.63, 3.8) is 0 Å². The van der Waals surface area contributed by atoms with Gasteiger partial charge in [0.2, 0.25) is 0 Å². The second-order valence-corrected chi connectivity index (χ2v) is 6.62. The van der Waals surface area contributed by atoms with E-state index >= 15 is 0 Å². The number of hydrogen-bond acceptors (Lipinski definition) is 6. The zero-order valence-electron chi connectivity index (χ0n) is 13.5. The maximum absolute atomic E-state index is 12.2. The molecule has 0 aliphatic carbocycles. The molecule has 136 valence electrons. The summed E-state index contributed by atoms with van der Waals surface area (Å²) in [4.78, 5) is 34.9. The quantitative estimate of drug-likeness (QED) is 0.286. The number of benzene rings is 2.